The Morgan fingerprint density at radius 1 is 1.38 bits per heavy atom. The first-order valence-corrected chi connectivity index (χ1v) is 10.9. The molecule has 0 bridgehead atoms. The van der Waals surface area contributed by atoms with Crippen LogP contribution < -0.4 is 10.5 Å². The van der Waals surface area contributed by atoms with E-state index in [9.17, 15) is 10.1 Å². The van der Waals surface area contributed by atoms with Crippen LogP contribution in [0.2, 0.25) is 0 Å². The number of ketones is 1. The number of hydrogen-bond acceptors (Lipinski definition) is 6. The number of Topliss-reactive ketones (excluding diaryl/α,β-unsaturated/α-hetero) is 1. The normalized spacial score (nSPS) is 18.9. The lowest BCUT2D eigenvalue weighted by Crippen LogP contribution is -2.27. The Kier molecular flexibility index (Phi) is 5.48. The lowest BCUT2D eigenvalue weighted by molar-refractivity contribution is -0.116. The summed E-state index contributed by atoms with van der Waals surface area (Å²) in [5.41, 5.74) is 7.94. The van der Waals surface area contributed by atoms with Gasteiger partial charge >= 0.3 is 0 Å². The Morgan fingerprint density at radius 3 is 2.93 bits per heavy atom. The van der Waals surface area contributed by atoms with E-state index in [1.165, 1.54) is 0 Å². The van der Waals surface area contributed by atoms with Crippen LogP contribution >= 0.6 is 27.3 Å². The van der Waals surface area contributed by atoms with Gasteiger partial charge in [0, 0.05) is 33.7 Å². The summed E-state index contributed by atoms with van der Waals surface area (Å²) in [6.45, 7) is 2.42. The van der Waals surface area contributed by atoms with Gasteiger partial charge in [0.25, 0.3) is 0 Å². The van der Waals surface area contributed by atoms with Gasteiger partial charge in [-0.25, -0.2) is 0 Å². The van der Waals surface area contributed by atoms with E-state index in [2.05, 4.69) is 22.0 Å². The van der Waals surface area contributed by atoms with Gasteiger partial charge < -0.3 is 15.2 Å². The molecule has 2 N–H and O–H groups in total. The molecule has 0 saturated heterocycles. The molecule has 0 amide bonds. The van der Waals surface area contributed by atoms with Crippen LogP contribution in [0.5, 0.6) is 5.75 Å². The van der Waals surface area contributed by atoms with Crippen LogP contribution in [0.4, 0.5) is 0 Å². The number of hydrogen-bond donors (Lipinski definition) is 1. The molecular weight excluding hydrogens is 452 g/mol. The summed E-state index contributed by atoms with van der Waals surface area (Å²) in [5.74, 6) is 1.05. The zero-order chi connectivity index (χ0) is 20.5. The molecule has 2 aliphatic rings. The molecule has 0 radical (unpaired) electrons. The van der Waals surface area contributed by atoms with Gasteiger partial charge in [-0.3, -0.25) is 4.79 Å². The number of thiophene rings is 1. The molecule has 1 aromatic carbocycles. The highest BCUT2D eigenvalue weighted by Gasteiger charge is 2.39. The van der Waals surface area contributed by atoms with Crippen LogP contribution in [-0.2, 0) is 16.1 Å². The average Bonchev–Trinajstić information content (AvgIpc) is 3.07. The second-order valence-electron chi connectivity index (χ2n) is 6.99. The Hall–Kier alpha value is -2.56. The monoisotopic (exact) mass is 470 g/mol. The van der Waals surface area contributed by atoms with Crippen LogP contribution in [0.3, 0.4) is 0 Å². The van der Waals surface area contributed by atoms with Crippen molar-refractivity contribution in [1.29, 1.82) is 5.26 Å². The first-order chi connectivity index (χ1) is 14.0. The van der Waals surface area contributed by atoms with Crippen LogP contribution in [-0.4, -0.2) is 5.78 Å². The van der Waals surface area contributed by atoms with Gasteiger partial charge in [0.15, 0.2) is 5.78 Å². The van der Waals surface area contributed by atoms with Gasteiger partial charge in [-0.2, -0.15) is 5.26 Å². The van der Waals surface area contributed by atoms with Gasteiger partial charge in [0.05, 0.1) is 10.4 Å². The molecule has 0 saturated carbocycles. The highest BCUT2D eigenvalue weighted by Crippen LogP contribution is 2.46. The molecule has 1 aliphatic heterocycles. The fourth-order valence-electron chi connectivity index (χ4n) is 3.69. The first-order valence-electron chi connectivity index (χ1n) is 9.30. The number of ether oxygens (including phenoxy) is 2. The molecule has 5 nitrogen and oxygen atoms in total. The third-order valence-electron chi connectivity index (χ3n) is 5.15. The quantitative estimate of drug-likeness (QED) is 0.662. The smallest absolute Gasteiger partial charge is 0.205 e. The van der Waals surface area contributed by atoms with E-state index in [0.29, 0.717) is 36.4 Å². The standard InChI is InChI=1S/C22H19BrN2O3S/c1-12-13(11-27-17-7-3-2-5-15(17)23)9-19(29-12)20-14(10-24)22(25)28-18-8-4-6-16(26)21(18)20/h2-3,5,7,9,20H,4,6,8,11,25H2,1H3/t20-/m1/s1. The SMILES string of the molecule is Cc1sc([C@H]2C(C#N)=C(N)OC3=C2C(=O)CCC3)cc1COc1ccccc1Br. The van der Waals surface area contributed by atoms with Crippen LogP contribution in [0.1, 0.15) is 40.5 Å². The maximum Gasteiger partial charge on any atom is 0.205 e. The summed E-state index contributed by atoms with van der Waals surface area (Å²) in [5, 5.41) is 9.70. The molecule has 29 heavy (non-hydrogen) atoms. The van der Waals surface area contributed by atoms with Crippen molar-refractivity contribution >= 4 is 33.0 Å². The van der Waals surface area contributed by atoms with E-state index in [0.717, 1.165) is 32.0 Å². The van der Waals surface area contributed by atoms with E-state index >= 15 is 0 Å². The highest BCUT2D eigenvalue weighted by molar-refractivity contribution is 9.10. The number of carbonyl (C=O) groups is 1. The van der Waals surface area contributed by atoms with Crippen LogP contribution in [0, 0.1) is 18.3 Å². The van der Waals surface area contributed by atoms with E-state index in [-0.39, 0.29) is 11.7 Å². The maximum absolute atomic E-state index is 12.7. The van der Waals surface area contributed by atoms with Gasteiger partial charge in [0.1, 0.15) is 29.8 Å². The van der Waals surface area contributed by atoms with Gasteiger partial charge in [0.2, 0.25) is 5.88 Å². The Balaban J connectivity index is 1.68. The number of rotatable bonds is 4. The average molecular weight is 471 g/mol. The van der Waals surface area contributed by atoms with Crippen molar-refractivity contribution in [2.45, 2.75) is 38.7 Å². The minimum absolute atomic E-state index is 0.0357. The molecule has 1 aliphatic carbocycles. The molecular formula is C22H19BrN2O3S. The second kappa shape index (κ2) is 8.05. The van der Waals surface area contributed by atoms with Crippen molar-refractivity contribution in [3.05, 3.63) is 72.9 Å². The number of nitrogens with two attached hydrogens (primary N) is 1. The molecule has 0 fully saturated rings. The summed E-state index contributed by atoms with van der Waals surface area (Å²) >= 11 is 5.05. The zero-order valence-corrected chi connectivity index (χ0v) is 18.2. The number of benzene rings is 1. The first kappa shape index (κ1) is 19.7. The third-order valence-corrected chi connectivity index (χ3v) is 6.96. The van der Waals surface area contributed by atoms with Crippen LogP contribution in [0.25, 0.3) is 0 Å². The number of nitrogens with zero attached hydrogens (tertiary/aromatic N) is 1. The predicted octanol–water partition coefficient (Wildman–Crippen LogP) is 5.21. The Bertz CT molecular complexity index is 1090. The van der Waals surface area contributed by atoms with Crippen molar-refractivity contribution < 1.29 is 14.3 Å². The molecule has 0 spiro atoms. The van der Waals surface area contributed by atoms with Crippen LogP contribution in [0.15, 0.2) is 57.6 Å². The van der Waals surface area contributed by atoms with E-state index < -0.39 is 5.92 Å². The van der Waals surface area contributed by atoms with Crippen molar-refractivity contribution in [2.24, 2.45) is 5.73 Å². The topological polar surface area (TPSA) is 85.3 Å². The summed E-state index contributed by atoms with van der Waals surface area (Å²) in [7, 11) is 0. The fraction of sp³-hybridized carbons (Fsp3) is 0.273. The molecule has 2 aromatic rings. The maximum atomic E-state index is 12.7. The van der Waals surface area contributed by atoms with Gasteiger partial charge in [-0.1, -0.05) is 12.1 Å². The molecule has 1 aromatic heterocycles. The summed E-state index contributed by atoms with van der Waals surface area (Å²) in [4.78, 5) is 14.7. The zero-order valence-electron chi connectivity index (χ0n) is 15.8. The third kappa shape index (κ3) is 3.70. The predicted molar refractivity (Wildman–Crippen MR) is 114 cm³/mol. The molecule has 4 rings (SSSR count). The molecule has 0 unspecified atom stereocenters. The number of aryl methyl sites for hydroxylation is 1. The lowest BCUT2D eigenvalue weighted by Gasteiger charge is -2.30. The second-order valence-corrected chi connectivity index (χ2v) is 9.13. The minimum atomic E-state index is -0.461. The molecule has 2 heterocycles. The van der Waals surface area contributed by atoms with Gasteiger partial charge in [-0.15, -0.1) is 11.3 Å². The number of halogens is 1. The highest BCUT2D eigenvalue weighted by atomic mass is 79.9. The Morgan fingerprint density at radius 2 is 2.17 bits per heavy atom. The summed E-state index contributed by atoms with van der Waals surface area (Å²) in [6.07, 6.45) is 1.88. The van der Waals surface area contributed by atoms with Crippen molar-refractivity contribution in [3.8, 4) is 11.8 Å². The molecule has 148 valence electrons. The lowest BCUT2D eigenvalue weighted by atomic mass is 9.80. The summed E-state index contributed by atoms with van der Waals surface area (Å²) < 4.78 is 12.5. The van der Waals surface area contributed by atoms with Crippen molar-refractivity contribution in [2.75, 3.05) is 0 Å². The molecule has 1 atom stereocenters. The Labute approximate surface area is 181 Å². The number of carbonyl (C=O) groups excluding carboxylic acids is 1. The van der Waals surface area contributed by atoms with Gasteiger partial charge in [-0.05, 0) is 47.5 Å². The van der Waals surface area contributed by atoms with Crippen molar-refractivity contribution in [1.82, 2.24) is 0 Å². The van der Waals surface area contributed by atoms with E-state index in [1.54, 1.807) is 11.3 Å². The number of allylic oxidation sites excluding steroid dienone is 3. The van der Waals surface area contributed by atoms with E-state index in [1.807, 2.05) is 37.3 Å². The van der Waals surface area contributed by atoms with Crippen molar-refractivity contribution in [3.63, 3.8) is 0 Å². The minimum Gasteiger partial charge on any atom is -0.488 e. The number of nitriles is 1. The largest absolute Gasteiger partial charge is 0.488 e. The summed E-state index contributed by atoms with van der Waals surface area (Å²) in [6, 6.07) is 11.9. The van der Waals surface area contributed by atoms with E-state index in [4.69, 9.17) is 15.2 Å². The number of para-hydroxylation sites is 1. The fourth-order valence-corrected chi connectivity index (χ4v) is 5.25. The molecule has 7 heteroatoms.